The Kier molecular flexibility index (Phi) is 4.85. The number of nitrogens with two attached hydrogens (primary N) is 1. The van der Waals surface area contributed by atoms with Gasteiger partial charge in [0, 0.05) is 5.69 Å². The summed E-state index contributed by atoms with van der Waals surface area (Å²) in [5.74, 6) is 0. The summed E-state index contributed by atoms with van der Waals surface area (Å²) in [6.45, 7) is -1.43. The maximum absolute atomic E-state index is 9.18. The number of nitrogen functional groups attached to an aromatic ring is 1. The molecule has 1 aromatic rings. The van der Waals surface area contributed by atoms with E-state index in [1.807, 2.05) is 0 Å². The number of halogens is 2. The third kappa shape index (κ3) is 3.14. The highest BCUT2D eigenvalue weighted by Crippen LogP contribution is 2.34. The van der Waals surface area contributed by atoms with Crippen LogP contribution in [0.2, 0.25) is 10.0 Å². The zero-order valence-electron chi connectivity index (χ0n) is 8.95. The van der Waals surface area contributed by atoms with Crippen LogP contribution in [0.1, 0.15) is 0 Å². The quantitative estimate of drug-likeness (QED) is 0.512. The molecule has 0 aliphatic heterocycles. The van der Waals surface area contributed by atoms with Gasteiger partial charge in [0.2, 0.25) is 0 Å². The second-order valence-electron chi connectivity index (χ2n) is 3.74. The van der Waals surface area contributed by atoms with Crippen molar-refractivity contribution in [2.75, 3.05) is 30.9 Å². The number of rotatable bonds is 5. The van der Waals surface area contributed by atoms with Crippen LogP contribution in [0.5, 0.6) is 0 Å². The van der Waals surface area contributed by atoms with Gasteiger partial charge in [0.05, 0.1) is 35.6 Å². The van der Waals surface area contributed by atoms with Crippen molar-refractivity contribution in [2.45, 2.75) is 5.54 Å². The third-order valence-corrected chi connectivity index (χ3v) is 2.96. The smallest absolute Gasteiger partial charge is 0.107 e. The van der Waals surface area contributed by atoms with Gasteiger partial charge in [-0.3, -0.25) is 0 Å². The lowest BCUT2D eigenvalue weighted by Gasteiger charge is -2.30. The Balaban J connectivity index is 3.09. The zero-order valence-corrected chi connectivity index (χ0v) is 10.5. The van der Waals surface area contributed by atoms with E-state index < -0.39 is 25.4 Å². The van der Waals surface area contributed by atoms with E-state index in [1.54, 1.807) is 0 Å². The summed E-state index contributed by atoms with van der Waals surface area (Å²) in [5.41, 5.74) is 4.96. The lowest BCUT2D eigenvalue weighted by molar-refractivity contribution is 0.0834. The molecule has 0 atom stereocenters. The minimum Gasteiger partial charge on any atom is -0.399 e. The van der Waals surface area contributed by atoms with Crippen LogP contribution in [0.25, 0.3) is 0 Å². The number of hydrogen-bond donors (Lipinski definition) is 5. The summed E-state index contributed by atoms with van der Waals surface area (Å²) in [4.78, 5) is 0. The van der Waals surface area contributed by atoms with Crippen molar-refractivity contribution in [3.8, 4) is 0 Å². The number of nitrogens with one attached hydrogen (secondary N) is 1. The molecule has 0 saturated carbocycles. The first-order chi connectivity index (χ1) is 7.98. The number of aliphatic hydroxyl groups is 3. The summed E-state index contributed by atoms with van der Waals surface area (Å²) < 4.78 is 0. The summed E-state index contributed by atoms with van der Waals surface area (Å²) in [5, 5.41) is 30.8. The lowest BCUT2D eigenvalue weighted by Crippen LogP contribution is -2.49. The fourth-order valence-corrected chi connectivity index (χ4v) is 1.84. The lowest BCUT2D eigenvalue weighted by atomic mass is 10.0. The molecule has 0 heterocycles. The van der Waals surface area contributed by atoms with Crippen LogP contribution in [-0.2, 0) is 0 Å². The van der Waals surface area contributed by atoms with Gasteiger partial charge >= 0.3 is 0 Å². The van der Waals surface area contributed by atoms with Crippen LogP contribution >= 0.6 is 23.2 Å². The van der Waals surface area contributed by atoms with E-state index in [0.29, 0.717) is 11.4 Å². The van der Waals surface area contributed by atoms with Crippen molar-refractivity contribution in [1.82, 2.24) is 0 Å². The SMILES string of the molecule is Nc1cc(Cl)c(NC(CO)(CO)CO)c(Cl)c1. The van der Waals surface area contributed by atoms with Gasteiger partial charge in [0.25, 0.3) is 0 Å². The van der Waals surface area contributed by atoms with Gasteiger partial charge in [-0.1, -0.05) is 23.2 Å². The molecule has 1 rings (SSSR count). The number of aliphatic hydroxyl groups excluding tert-OH is 3. The Morgan fingerprint density at radius 2 is 1.47 bits per heavy atom. The number of benzene rings is 1. The minimum atomic E-state index is -1.29. The molecule has 0 aromatic heterocycles. The predicted octanol–water partition coefficient (Wildman–Crippen LogP) is 0.703. The number of hydrogen-bond acceptors (Lipinski definition) is 5. The largest absolute Gasteiger partial charge is 0.399 e. The molecular weight excluding hydrogens is 267 g/mol. The van der Waals surface area contributed by atoms with Gasteiger partial charge in [-0.15, -0.1) is 0 Å². The highest BCUT2D eigenvalue weighted by molar-refractivity contribution is 6.39. The maximum Gasteiger partial charge on any atom is 0.107 e. The molecule has 5 nitrogen and oxygen atoms in total. The van der Waals surface area contributed by atoms with Crippen LogP contribution in [0, 0.1) is 0 Å². The molecule has 0 spiro atoms. The average Bonchev–Trinajstić information content (AvgIpc) is 2.29. The molecule has 0 bridgehead atoms. The molecule has 0 saturated heterocycles. The molecule has 1 aromatic carbocycles. The number of anilines is 2. The van der Waals surface area contributed by atoms with E-state index in [2.05, 4.69) is 5.32 Å². The summed E-state index contributed by atoms with van der Waals surface area (Å²) in [6.07, 6.45) is 0. The molecule has 0 radical (unpaired) electrons. The Hall–Kier alpha value is -0.720. The average molecular weight is 281 g/mol. The van der Waals surface area contributed by atoms with Crippen LogP contribution in [0.4, 0.5) is 11.4 Å². The van der Waals surface area contributed by atoms with E-state index in [1.165, 1.54) is 12.1 Å². The van der Waals surface area contributed by atoms with Gasteiger partial charge in [-0.25, -0.2) is 0 Å². The molecule has 6 N–H and O–H groups in total. The topological polar surface area (TPSA) is 98.7 Å². The van der Waals surface area contributed by atoms with Gasteiger partial charge in [-0.2, -0.15) is 0 Å². The summed E-state index contributed by atoms with van der Waals surface area (Å²) in [6, 6.07) is 2.96. The Morgan fingerprint density at radius 1 is 1.06 bits per heavy atom. The van der Waals surface area contributed by atoms with Crippen molar-refractivity contribution in [1.29, 1.82) is 0 Å². The van der Waals surface area contributed by atoms with E-state index in [0.717, 1.165) is 0 Å². The van der Waals surface area contributed by atoms with E-state index in [4.69, 9.17) is 28.9 Å². The van der Waals surface area contributed by atoms with Gasteiger partial charge in [0.1, 0.15) is 5.54 Å². The van der Waals surface area contributed by atoms with Gasteiger partial charge in [-0.05, 0) is 12.1 Å². The molecule has 0 aliphatic rings. The van der Waals surface area contributed by atoms with Crippen LogP contribution < -0.4 is 11.1 Å². The molecular formula is C10H14Cl2N2O3. The fraction of sp³-hybridized carbons (Fsp3) is 0.400. The second-order valence-corrected chi connectivity index (χ2v) is 4.55. The van der Waals surface area contributed by atoms with Gasteiger partial charge < -0.3 is 26.4 Å². The van der Waals surface area contributed by atoms with Crippen molar-refractivity contribution >= 4 is 34.6 Å². The molecule has 0 unspecified atom stereocenters. The Morgan fingerprint density at radius 3 is 1.82 bits per heavy atom. The third-order valence-electron chi connectivity index (χ3n) is 2.36. The summed E-state index contributed by atoms with van der Waals surface area (Å²) >= 11 is 11.9. The highest BCUT2D eigenvalue weighted by atomic mass is 35.5. The molecule has 17 heavy (non-hydrogen) atoms. The van der Waals surface area contributed by atoms with Crippen LogP contribution in [0.15, 0.2) is 12.1 Å². The predicted molar refractivity (Wildman–Crippen MR) is 68.5 cm³/mol. The molecule has 0 amide bonds. The minimum absolute atomic E-state index is 0.245. The van der Waals surface area contributed by atoms with Gasteiger partial charge in [0.15, 0.2) is 0 Å². The second kappa shape index (κ2) is 5.75. The highest BCUT2D eigenvalue weighted by Gasteiger charge is 2.29. The van der Waals surface area contributed by atoms with E-state index in [9.17, 15) is 15.3 Å². The van der Waals surface area contributed by atoms with E-state index in [-0.39, 0.29) is 10.0 Å². The first-order valence-corrected chi connectivity index (χ1v) is 5.59. The van der Waals surface area contributed by atoms with Crippen molar-refractivity contribution in [2.24, 2.45) is 0 Å². The van der Waals surface area contributed by atoms with Crippen LogP contribution in [-0.4, -0.2) is 40.7 Å². The fourth-order valence-electron chi connectivity index (χ4n) is 1.25. The molecule has 96 valence electrons. The molecule has 0 fully saturated rings. The monoisotopic (exact) mass is 280 g/mol. The van der Waals surface area contributed by atoms with E-state index >= 15 is 0 Å². The first-order valence-electron chi connectivity index (χ1n) is 4.83. The standard InChI is InChI=1S/C10H14Cl2N2O3/c11-7-1-6(13)2-8(12)9(7)14-10(3-15,4-16)5-17/h1-2,14-17H,3-5,13H2. The maximum atomic E-state index is 9.18. The van der Waals surface area contributed by atoms with Crippen molar-refractivity contribution in [3.05, 3.63) is 22.2 Å². The van der Waals surface area contributed by atoms with Crippen molar-refractivity contribution in [3.63, 3.8) is 0 Å². The van der Waals surface area contributed by atoms with Crippen molar-refractivity contribution < 1.29 is 15.3 Å². The zero-order chi connectivity index (χ0) is 13.1. The normalized spacial score (nSPS) is 11.6. The first kappa shape index (κ1) is 14.3. The molecule has 0 aliphatic carbocycles. The Bertz CT molecular complexity index is 366. The Labute approximate surface area is 109 Å². The molecule has 7 heteroatoms. The van der Waals surface area contributed by atoms with Crippen LogP contribution in [0.3, 0.4) is 0 Å². The summed E-state index contributed by atoms with van der Waals surface area (Å²) in [7, 11) is 0.